The van der Waals surface area contributed by atoms with E-state index in [1.807, 2.05) is 4.90 Å². The van der Waals surface area contributed by atoms with Crippen LogP contribution in [0, 0.1) is 10.1 Å². The Labute approximate surface area is 108 Å². The van der Waals surface area contributed by atoms with E-state index in [9.17, 15) is 14.3 Å². The minimum atomic E-state index is -0.786. The number of rotatable bonds is 3. The molecule has 1 fully saturated rings. The second-order valence-electron chi connectivity index (χ2n) is 4.02. The van der Waals surface area contributed by atoms with E-state index < -0.39 is 10.8 Å². The van der Waals surface area contributed by atoms with Gasteiger partial charge in [-0.15, -0.1) is 0 Å². The predicted octanol–water partition coefficient (Wildman–Crippen LogP) is 1.21. The third-order valence-electron chi connectivity index (χ3n) is 2.99. The fourth-order valence-corrected chi connectivity index (χ4v) is 3.11. The molecule has 0 bridgehead atoms. The molecule has 0 unspecified atom stereocenters. The highest BCUT2D eigenvalue weighted by Crippen LogP contribution is 2.35. The third kappa shape index (κ3) is 2.45. The molecule has 0 saturated carbocycles. The number of para-hydroxylation sites is 1. The van der Waals surface area contributed by atoms with Gasteiger partial charge in [0.1, 0.15) is 11.4 Å². The van der Waals surface area contributed by atoms with E-state index in [4.69, 9.17) is 0 Å². The first-order chi connectivity index (χ1) is 8.63. The lowest BCUT2D eigenvalue weighted by Gasteiger charge is -2.28. The molecule has 1 N–H and O–H groups in total. The van der Waals surface area contributed by atoms with Crippen molar-refractivity contribution in [2.75, 3.05) is 41.9 Å². The maximum atomic E-state index is 11.3. The van der Waals surface area contributed by atoms with Gasteiger partial charge in [0.05, 0.1) is 4.92 Å². The van der Waals surface area contributed by atoms with Crippen molar-refractivity contribution in [2.24, 2.45) is 0 Å². The maximum absolute atomic E-state index is 11.3. The van der Waals surface area contributed by atoms with Crippen molar-refractivity contribution < 1.29 is 9.13 Å². The topological polar surface area (TPSA) is 75.5 Å². The van der Waals surface area contributed by atoms with Crippen LogP contribution in [0.2, 0.25) is 0 Å². The Balaban J connectivity index is 2.37. The molecule has 0 atom stereocenters. The number of anilines is 2. The second-order valence-corrected chi connectivity index (χ2v) is 5.71. The fourth-order valence-electron chi connectivity index (χ4n) is 2.06. The zero-order valence-corrected chi connectivity index (χ0v) is 10.9. The molecule has 1 aliphatic rings. The summed E-state index contributed by atoms with van der Waals surface area (Å²) < 4.78 is 11.3. The fraction of sp³-hybridized carbons (Fsp3) is 0.455. The summed E-state index contributed by atoms with van der Waals surface area (Å²) in [6, 6.07) is 5.22. The first kappa shape index (κ1) is 12.8. The number of hydrogen-bond acceptors (Lipinski definition) is 5. The first-order valence-electron chi connectivity index (χ1n) is 5.68. The molecule has 0 spiro atoms. The van der Waals surface area contributed by atoms with Crippen LogP contribution in [0.3, 0.4) is 0 Å². The second kappa shape index (κ2) is 5.34. The first-order valence-corrected chi connectivity index (χ1v) is 7.17. The number of hydrogen-bond donors (Lipinski definition) is 1. The van der Waals surface area contributed by atoms with Crippen molar-refractivity contribution in [1.29, 1.82) is 0 Å². The number of nitro benzene ring substituents is 1. The summed E-state index contributed by atoms with van der Waals surface area (Å²) in [5, 5.41) is 14.0. The lowest BCUT2D eigenvalue weighted by atomic mass is 10.2. The smallest absolute Gasteiger partial charge is 0.315 e. The van der Waals surface area contributed by atoms with Gasteiger partial charge in [0.2, 0.25) is 0 Å². The van der Waals surface area contributed by atoms with Gasteiger partial charge in [-0.2, -0.15) is 0 Å². The average molecular weight is 269 g/mol. The summed E-state index contributed by atoms with van der Waals surface area (Å²) in [5.41, 5.74) is 1.19. The number of nitrogens with one attached hydrogen (secondary N) is 1. The molecule has 6 nitrogen and oxygen atoms in total. The van der Waals surface area contributed by atoms with Gasteiger partial charge in [-0.25, -0.2) is 0 Å². The number of nitro groups is 1. The van der Waals surface area contributed by atoms with Crippen LogP contribution in [-0.2, 0) is 10.8 Å². The highest BCUT2D eigenvalue weighted by Gasteiger charge is 2.25. The van der Waals surface area contributed by atoms with Crippen molar-refractivity contribution in [1.82, 2.24) is 0 Å². The van der Waals surface area contributed by atoms with Crippen molar-refractivity contribution in [2.45, 2.75) is 0 Å². The van der Waals surface area contributed by atoms with Crippen LogP contribution in [-0.4, -0.2) is 40.8 Å². The zero-order valence-electron chi connectivity index (χ0n) is 10.1. The molecule has 2 rings (SSSR count). The largest absolute Gasteiger partial charge is 0.382 e. The normalized spacial score (nSPS) is 16.6. The van der Waals surface area contributed by atoms with Gasteiger partial charge < -0.3 is 10.2 Å². The molecule has 0 aromatic heterocycles. The van der Waals surface area contributed by atoms with Gasteiger partial charge in [0.25, 0.3) is 0 Å². The molecule has 98 valence electrons. The molecule has 7 heteroatoms. The van der Waals surface area contributed by atoms with E-state index in [-0.39, 0.29) is 10.6 Å². The summed E-state index contributed by atoms with van der Waals surface area (Å²) in [6.07, 6.45) is 0. The lowest BCUT2D eigenvalue weighted by Crippen LogP contribution is -2.38. The van der Waals surface area contributed by atoms with E-state index in [1.54, 1.807) is 25.2 Å². The minimum absolute atomic E-state index is 0.0904. The van der Waals surface area contributed by atoms with Crippen LogP contribution in [0.15, 0.2) is 18.2 Å². The van der Waals surface area contributed by atoms with Crippen LogP contribution in [0.1, 0.15) is 0 Å². The van der Waals surface area contributed by atoms with Crippen LogP contribution < -0.4 is 10.2 Å². The third-order valence-corrected chi connectivity index (χ3v) is 4.26. The summed E-state index contributed by atoms with van der Waals surface area (Å²) in [7, 11) is 0.878. The van der Waals surface area contributed by atoms with Crippen molar-refractivity contribution in [3.05, 3.63) is 28.3 Å². The summed E-state index contributed by atoms with van der Waals surface area (Å²) in [5.74, 6) is 1.14. The van der Waals surface area contributed by atoms with Crippen molar-refractivity contribution in [3.63, 3.8) is 0 Å². The molecule has 0 amide bonds. The molecule has 0 radical (unpaired) electrons. The van der Waals surface area contributed by atoms with Gasteiger partial charge in [0.15, 0.2) is 0 Å². The van der Waals surface area contributed by atoms with Gasteiger partial charge in [-0.1, -0.05) is 6.07 Å². The van der Waals surface area contributed by atoms with E-state index >= 15 is 0 Å². The molecule has 1 aromatic rings. The lowest BCUT2D eigenvalue weighted by molar-refractivity contribution is -0.383. The van der Waals surface area contributed by atoms with Gasteiger partial charge in [-0.3, -0.25) is 14.3 Å². The predicted molar refractivity (Wildman–Crippen MR) is 72.7 cm³/mol. The number of nitrogens with zero attached hydrogens (tertiary/aromatic N) is 2. The van der Waals surface area contributed by atoms with Crippen LogP contribution in [0.5, 0.6) is 0 Å². The Morgan fingerprint density at radius 1 is 1.39 bits per heavy atom. The highest BCUT2D eigenvalue weighted by molar-refractivity contribution is 7.85. The van der Waals surface area contributed by atoms with Crippen LogP contribution in [0.4, 0.5) is 17.1 Å². The Morgan fingerprint density at radius 3 is 2.61 bits per heavy atom. The maximum Gasteiger partial charge on any atom is 0.315 e. The summed E-state index contributed by atoms with van der Waals surface area (Å²) >= 11 is 0. The molecule has 1 aliphatic heterocycles. The summed E-state index contributed by atoms with van der Waals surface area (Å²) in [6.45, 7) is 1.20. The molecule has 0 aliphatic carbocycles. The van der Waals surface area contributed by atoms with E-state index in [2.05, 4.69) is 5.32 Å². The Bertz CT molecular complexity index is 482. The Hall–Kier alpha value is -1.63. The number of benzene rings is 1. The van der Waals surface area contributed by atoms with Gasteiger partial charge in [-0.05, 0) is 12.1 Å². The minimum Gasteiger partial charge on any atom is -0.382 e. The molecule has 1 aromatic carbocycles. The molecular formula is C11H15N3O3S. The van der Waals surface area contributed by atoms with E-state index in [0.29, 0.717) is 36.0 Å². The van der Waals surface area contributed by atoms with Crippen LogP contribution in [0.25, 0.3) is 0 Å². The Kier molecular flexibility index (Phi) is 3.81. The zero-order chi connectivity index (χ0) is 13.1. The van der Waals surface area contributed by atoms with Crippen LogP contribution >= 0.6 is 0 Å². The van der Waals surface area contributed by atoms with Crippen molar-refractivity contribution in [3.8, 4) is 0 Å². The Morgan fingerprint density at radius 2 is 2.06 bits per heavy atom. The molecule has 18 heavy (non-hydrogen) atoms. The van der Waals surface area contributed by atoms with E-state index in [0.717, 1.165) is 0 Å². The molecule has 1 saturated heterocycles. The quantitative estimate of drug-likeness (QED) is 0.659. The monoisotopic (exact) mass is 269 g/mol. The van der Waals surface area contributed by atoms with Gasteiger partial charge in [0, 0.05) is 42.4 Å². The molecule has 1 heterocycles. The standard InChI is InChI=1S/C11H15N3O3S/c1-12-9-3-2-4-10(11(9)14(15)16)13-5-7-18(17)8-6-13/h2-4,12H,5-8H2,1H3. The molecular weight excluding hydrogens is 254 g/mol. The van der Waals surface area contributed by atoms with Gasteiger partial charge >= 0.3 is 5.69 Å². The van der Waals surface area contributed by atoms with Crippen molar-refractivity contribution >= 4 is 27.9 Å². The summed E-state index contributed by atoms with van der Waals surface area (Å²) in [4.78, 5) is 12.7. The average Bonchev–Trinajstić information content (AvgIpc) is 2.38. The SMILES string of the molecule is CNc1cccc(N2CCS(=O)CC2)c1[N+](=O)[O-]. The van der Waals surface area contributed by atoms with E-state index in [1.165, 1.54) is 0 Å². The highest BCUT2D eigenvalue weighted by atomic mass is 32.2.